The first kappa shape index (κ1) is 36.7. The van der Waals surface area contributed by atoms with Crippen LogP contribution >= 0.6 is 0 Å². The summed E-state index contributed by atoms with van der Waals surface area (Å²) < 4.78 is 0. The predicted molar refractivity (Wildman–Crippen MR) is 40.8 cm³/mol. The molecule has 0 rings (SSSR count). The zero-order valence-electron chi connectivity index (χ0n) is 9.10. The van der Waals surface area contributed by atoms with E-state index >= 15 is 0 Å². The van der Waals surface area contributed by atoms with Crippen molar-refractivity contribution in [2.75, 3.05) is 0 Å². The first-order chi connectivity index (χ1) is 6.93. The molecule has 0 bridgehead atoms. The summed E-state index contributed by atoms with van der Waals surface area (Å²) in [6.07, 6.45) is 0. The van der Waals surface area contributed by atoms with Gasteiger partial charge in [-0.25, -0.2) is 0 Å². The van der Waals surface area contributed by atoms with E-state index in [1.54, 1.807) is 0 Å². The van der Waals surface area contributed by atoms with Crippen LogP contribution in [0.4, 0.5) is 0 Å². The molecular weight excluding hydrogens is 303 g/mol. The van der Waals surface area contributed by atoms with Crippen molar-refractivity contribution in [1.82, 2.24) is 0 Å². The fourth-order valence-corrected chi connectivity index (χ4v) is 0. The van der Waals surface area contributed by atoms with Crippen LogP contribution in [0, 0.1) is 0 Å². The van der Waals surface area contributed by atoms with Gasteiger partial charge in [-0.2, -0.15) is 0 Å². The molecular formula is H8B4NaO12Sc. The van der Waals surface area contributed by atoms with E-state index in [0.717, 1.165) is 0 Å². The first-order valence-electron chi connectivity index (χ1n) is 3.01. The Balaban J connectivity index is -0.0000000257. The monoisotopic (exact) mass is 312 g/mol. The zero-order valence-corrected chi connectivity index (χ0v) is 12.9. The summed E-state index contributed by atoms with van der Waals surface area (Å²) >= 11 is 0. The molecule has 18 heavy (non-hydrogen) atoms. The van der Waals surface area contributed by atoms with E-state index in [2.05, 4.69) is 0 Å². The van der Waals surface area contributed by atoms with E-state index in [4.69, 9.17) is 60.3 Å². The molecule has 96 valence electrons. The quantitative estimate of drug-likeness (QED) is 0.194. The minimum Gasteiger partial charge on any atom is -0.907 e. The maximum atomic E-state index is 8.64. The van der Waals surface area contributed by atoms with Crippen molar-refractivity contribution in [2.24, 2.45) is 0 Å². The Bertz CT molecular complexity index is 67.1. The van der Waals surface area contributed by atoms with Crippen LogP contribution in [-0.4, -0.2) is 69.5 Å². The van der Waals surface area contributed by atoms with Gasteiger partial charge in [-0.3, -0.25) is 7.32 Å². The molecule has 0 saturated carbocycles. The molecule has 0 amide bonds. The SMILES string of the molecule is OB(O)O.OB(O)O.[Na+].[O-]B(O)O.[O-]B([O-])[O-].[Sc+3]. The van der Waals surface area contributed by atoms with E-state index in [1.165, 1.54) is 0 Å². The normalized spacial score (nSPS) is 6.00. The predicted octanol–water partition coefficient (Wildman–Crippen LogP) is -13.7. The molecule has 0 heterocycles. The standard InChI is InChI=1S/2BH3O3.BH2O3.BO3.Na.Sc/c4*2-1(3)4;;/h2*2-4H;2-3H;;;/q;;-1;-3;+1;+3. The molecule has 0 radical (unpaired) electrons. The van der Waals surface area contributed by atoms with Crippen LogP contribution in [0.1, 0.15) is 0 Å². The molecule has 18 heteroatoms. The summed E-state index contributed by atoms with van der Waals surface area (Å²) in [7, 11) is -9.67. The minimum absolute atomic E-state index is 0. The van der Waals surface area contributed by atoms with Gasteiger partial charge in [-0.05, 0) is 0 Å². The van der Waals surface area contributed by atoms with Crippen LogP contribution < -0.4 is 49.7 Å². The van der Waals surface area contributed by atoms with E-state index in [9.17, 15) is 0 Å². The molecule has 0 saturated heterocycles. The van der Waals surface area contributed by atoms with Gasteiger partial charge in [0.25, 0.3) is 0 Å². The molecule has 0 aliphatic carbocycles. The van der Waals surface area contributed by atoms with Crippen molar-refractivity contribution in [1.29, 1.82) is 0 Å². The average Bonchev–Trinajstić information content (AvgIpc) is 1.76. The minimum atomic E-state index is -2.92. The molecule has 0 aliphatic rings. The van der Waals surface area contributed by atoms with Gasteiger partial charge in [0.1, 0.15) is 0 Å². The Hall–Kier alpha value is 1.65. The first-order valence-corrected chi connectivity index (χ1v) is 3.01. The van der Waals surface area contributed by atoms with Crippen LogP contribution in [0.15, 0.2) is 0 Å². The maximum Gasteiger partial charge on any atom is 3.00 e. The second kappa shape index (κ2) is 31.2. The van der Waals surface area contributed by atoms with Gasteiger partial charge < -0.3 is 60.3 Å². The van der Waals surface area contributed by atoms with Gasteiger partial charge in [0.2, 0.25) is 0 Å². The Labute approximate surface area is 144 Å². The van der Waals surface area contributed by atoms with Gasteiger partial charge >= 0.3 is 77.4 Å². The molecule has 0 fully saturated rings. The third kappa shape index (κ3) is 1800. The Kier molecular flexibility index (Phi) is 63.5. The summed E-state index contributed by atoms with van der Waals surface area (Å²) in [6.45, 7) is 0. The van der Waals surface area contributed by atoms with Crippen LogP contribution in [0.25, 0.3) is 0 Å². The van der Waals surface area contributed by atoms with Crippen LogP contribution in [0.2, 0.25) is 0 Å². The van der Waals surface area contributed by atoms with Crippen LogP contribution in [-0.2, 0) is 25.8 Å². The van der Waals surface area contributed by atoms with Gasteiger partial charge in [0.15, 0.2) is 0 Å². The number of hydrogen-bond acceptors (Lipinski definition) is 12. The second-order valence-corrected chi connectivity index (χ2v) is 1.31. The van der Waals surface area contributed by atoms with Crippen molar-refractivity contribution in [3.05, 3.63) is 0 Å². The van der Waals surface area contributed by atoms with E-state index < -0.39 is 29.3 Å². The van der Waals surface area contributed by atoms with E-state index in [1.807, 2.05) is 0 Å². The zero-order chi connectivity index (χ0) is 14.3. The van der Waals surface area contributed by atoms with Crippen LogP contribution in [0.5, 0.6) is 0 Å². The largest absolute Gasteiger partial charge is 3.00 e. The van der Waals surface area contributed by atoms with Crippen molar-refractivity contribution in [2.45, 2.75) is 0 Å². The summed E-state index contributed by atoms with van der Waals surface area (Å²) in [5, 5.41) is 91.0. The smallest absolute Gasteiger partial charge is 0.907 e. The maximum absolute atomic E-state index is 8.64. The average molecular weight is 311 g/mol. The van der Waals surface area contributed by atoms with Crippen molar-refractivity contribution < 1.29 is 116 Å². The molecule has 0 atom stereocenters. The van der Waals surface area contributed by atoms with Crippen LogP contribution in [0.3, 0.4) is 0 Å². The molecule has 0 aromatic carbocycles. The molecule has 0 unspecified atom stereocenters. The fourth-order valence-electron chi connectivity index (χ4n) is 0. The van der Waals surface area contributed by atoms with Crippen molar-refractivity contribution >= 4 is 29.3 Å². The van der Waals surface area contributed by atoms with E-state index in [0.29, 0.717) is 0 Å². The molecule has 0 aliphatic heterocycles. The topological polar surface area (TPSA) is 254 Å². The Morgan fingerprint density at radius 1 is 0.556 bits per heavy atom. The summed E-state index contributed by atoms with van der Waals surface area (Å²) in [4.78, 5) is 0. The van der Waals surface area contributed by atoms with E-state index in [-0.39, 0.29) is 55.4 Å². The fraction of sp³-hybridized carbons (Fsp3) is 0. The van der Waals surface area contributed by atoms with Gasteiger partial charge in [0, 0.05) is 0 Å². The Morgan fingerprint density at radius 2 is 0.556 bits per heavy atom. The third-order valence-corrected chi connectivity index (χ3v) is 0. The van der Waals surface area contributed by atoms with Gasteiger partial charge in [-0.15, -0.1) is 0 Å². The van der Waals surface area contributed by atoms with Gasteiger partial charge in [-0.1, -0.05) is 0 Å². The van der Waals surface area contributed by atoms with Crippen molar-refractivity contribution in [3.8, 4) is 0 Å². The molecule has 8 N–H and O–H groups in total. The molecule has 12 nitrogen and oxygen atoms in total. The van der Waals surface area contributed by atoms with Crippen molar-refractivity contribution in [3.63, 3.8) is 0 Å². The Morgan fingerprint density at radius 3 is 0.556 bits per heavy atom. The molecule has 0 aromatic rings. The third-order valence-electron chi connectivity index (χ3n) is 0. The molecule has 0 aromatic heterocycles. The second-order valence-electron chi connectivity index (χ2n) is 1.31. The summed E-state index contributed by atoms with van der Waals surface area (Å²) in [5.41, 5.74) is 0. The number of hydrogen-bond donors (Lipinski definition) is 8. The number of rotatable bonds is 0. The summed E-state index contributed by atoms with van der Waals surface area (Å²) in [6, 6.07) is 0. The summed E-state index contributed by atoms with van der Waals surface area (Å²) in [5.74, 6) is 0. The van der Waals surface area contributed by atoms with Gasteiger partial charge in [0.05, 0.1) is 0 Å². The molecule has 0 spiro atoms.